The fourth-order valence-corrected chi connectivity index (χ4v) is 2.78. The van der Waals surface area contributed by atoms with Gasteiger partial charge in [0.15, 0.2) is 0 Å². The van der Waals surface area contributed by atoms with E-state index in [1.54, 1.807) is 0 Å². The number of nitrogens with zero attached hydrogens (tertiary/aromatic N) is 1. The molecular formula is C14H18N2O2. The van der Waals surface area contributed by atoms with Crippen LogP contribution in [0, 0.1) is 0 Å². The Morgan fingerprint density at radius 1 is 1.44 bits per heavy atom. The predicted octanol–water partition coefficient (Wildman–Crippen LogP) is 1.65. The first-order valence-electron chi connectivity index (χ1n) is 6.54. The van der Waals surface area contributed by atoms with Gasteiger partial charge in [-0.3, -0.25) is 4.79 Å². The number of nitrogens with one attached hydrogen (secondary N) is 1. The van der Waals surface area contributed by atoms with Crippen molar-refractivity contribution in [2.75, 3.05) is 5.01 Å². The molecule has 4 nitrogen and oxygen atoms in total. The molecule has 3 rings (SSSR count). The first-order valence-corrected chi connectivity index (χ1v) is 6.54. The fraction of sp³-hybridized carbons (Fsp3) is 0.500. The van der Waals surface area contributed by atoms with Crippen LogP contribution >= 0.6 is 0 Å². The SMILES string of the molecule is CC[C@H]1NN2c3ccccc3C[C@H]2[C@@H](C)OC1=O. The molecule has 0 amide bonds. The van der Waals surface area contributed by atoms with Crippen LogP contribution in [0.15, 0.2) is 24.3 Å². The lowest BCUT2D eigenvalue weighted by atomic mass is 10.1. The molecule has 0 saturated carbocycles. The molecule has 2 aliphatic heterocycles. The molecule has 2 heterocycles. The molecule has 0 radical (unpaired) electrons. The van der Waals surface area contributed by atoms with E-state index in [1.165, 1.54) is 11.3 Å². The van der Waals surface area contributed by atoms with Gasteiger partial charge < -0.3 is 9.75 Å². The van der Waals surface area contributed by atoms with Gasteiger partial charge in [-0.15, -0.1) is 0 Å². The molecule has 1 fully saturated rings. The number of hydrogen-bond acceptors (Lipinski definition) is 4. The minimum absolute atomic E-state index is 0.0889. The number of hydrazine groups is 1. The predicted molar refractivity (Wildman–Crippen MR) is 69.2 cm³/mol. The number of rotatable bonds is 1. The summed E-state index contributed by atoms with van der Waals surface area (Å²) in [6, 6.07) is 8.27. The highest BCUT2D eigenvalue weighted by atomic mass is 16.5. The molecule has 96 valence electrons. The third-order valence-electron chi connectivity index (χ3n) is 3.84. The Morgan fingerprint density at radius 3 is 3.00 bits per heavy atom. The second-order valence-corrected chi connectivity index (χ2v) is 5.00. The van der Waals surface area contributed by atoms with Crippen molar-refractivity contribution in [3.63, 3.8) is 0 Å². The molecule has 0 aromatic heterocycles. The Labute approximate surface area is 107 Å². The van der Waals surface area contributed by atoms with E-state index in [9.17, 15) is 4.79 Å². The van der Waals surface area contributed by atoms with E-state index < -0.39 is 0 Å². The van der Waals surface area contributed by atoms with Gasteiger partial charge in [0, 0.05) is 6.42 Å². The third kappa shape index (κ3) is 1.68. The summed E-state index contributed by atoms with van der Waals surface area (Å²) in [5, 5.41) is 2.12. The van der Waals surface area contributed by atoms with Crippen molar-refractivity contribution >= 4 is 11.7 Å². The highest BCUT2D eigenvalue weighted by Crippen LogP contribution is 2.34. The van der Waals surface area contributed by atoms with Crippen molar-refractivity contribution in [2.24, 2.45) is 0 Å². The van der Waals surface area contributed by atoms with Crippen molar-refractivity contribution in [1.29, 1.82) is 0 Å². The molecule has 0 unspecified atom stereocenters. The molecule has 0 bridgehead atoms. The van der Waals surface area contributed by atoms with E-state index in [1.807, 2.05) is 19.9 Å². The van der Waals surface area contributed by atoms with E-state index >= 15 is 0 Å². The Hall–Kier alpha value is -1.55. The summed E-state index contributed by atoms with van der Waals surface area (Å²) >= 11 is 0. The molecule has 4 heteroatoms. The molecule has 3 atom stereocenters. The van der Waals surface area contributed by atoms with Gasteiger partial charge in [0.1, 0.15) is 12.1 Å². The monoisotopic (exact) mass is 246 g/mol. The largest absolute Gasteiger partial charge is 0.459 e. The summed E-state index contributed by atoms with van der Waals surface area (Å²) in [6.07, 6.45) is 1.57. The summed E-state index contributed by atoms with van der Waals surface area (Å²) in [5.74, 6) is -0.142. The molecule has 1 aromatic carbocycles. The van der Waals surface area contributed by atoms with Crippen LogP contribution in [-0.2, 0) is 16.0 Å². The van der Waals surface area contributed by atoms with Crippen LogP contribution in [-0.4, -0.2) is 24.2 Å². The minimum atomic E-state index is -0.247. The van der Waals surface area contributed by atoms with Crippen molar-refractivity contribution < 1.29 is 9.53 Å². The van der Waals surface area contributed by atoms with E-state index in [-0.39, 0.29) is 24.2 Å². The standard InChI is InChI=1S/C14H18N2O2/c1-3-11-14(17)18-9(2)13-8-10-6-4-5-7-12(10)16(13)15-11/h4-7,9,11,13,15H,3,8H2,1-2H3/t9-,11-,13+/m1/s1. The van der Waals surface area contributed by atoms with Crippen LogP contribution in [0.1, 0.15) is 25.8 Å². The number of para-hydroxylation sites is 1. The van der Waals surface area contributed by atoms with Gasteiger partial charge in [0.25, 0.3) is 0 Å². The summed E-state index contributed by atoms with van der Waals surface area (Å²) in [7, 11) is 0. The van der Waals surface area contributed by atoms with Crippen LogP contribution in [0.2, 0.25) is 0 Å². The van der Waals surface area contributed by atoms with Gasteiger partial charge in [-0.05, 0) is 25.0 Å². The van der Waals surface area contributed by atoms with Gasteiger partial charge in [-0.25, -0.2) is 5.43 Å². The van der Waals surface area contributed by atoms with Crippen LogP contribution < -0.4 is 10.4 Å². The lowest BCUT2D eigenvalue weighted by molar-refractivity contribution is -0.149. The summed E-state index contributed by atoms with van der Waals surface area (Å²) in [6.45, 7) is 3.97. The van der Waals surface area contributed by atoms with Gasteiger partial charge in [-0.1, -0.05) is 25.1 Å². The number of anilines is 1. The van der Waals surface area contributed by atoms with Crippen LogP contribution in [0.4, 0.5) is 5.69 Å². The quantitative estimate of drug-likeness (QED) is 0.765. The summed E-state index contributed by atoms with van der Waals surface area (Å²) in [5.41, 5.74) is 5.81. The van der Waals surface area contributed by atoms with Gasteiger partial charge in [0.2, 0.25) is 0 Å². The molecule has 18 heavy (non-hydrogen) atoms. The lowest BCUT2D eigenvalue weighted by Crippen LogP contribution is -2.50. The summed E-state index contributed by atoms with van der Waals surface area (Å²) < 4.78 is 5.52. The van der Waals surface area contributed by atoms with Crippen LogP contribution in [0.25, 0.3) is 0 Å². The van der Waals surface area contributed by atoms with Crippen LogP contribution in [0.5, 0.6) is 0 Å². The zero-order chi connectivity index (χ0) is 12.7. The Bertz CT molecular complexity index is 475. The van der Waals surface area contributed by atoms with E-state index in [2.05, 4.69) is 28.6 Å². The molecule has 1 saturated heterocycles. The molecule has 1 aromatic rings. The highest BCUT2D eigenvalue weighted by molar-refractivity contribution is 5.77. The first kappa shape index (κ1) is 11.5. The molecular weight excluding hydrogens is 228 g/mol. The zero-order valence-electron chi connectivity index (χ0n) is 10.7. The second-order valence-electron chi connectivity index (χ2n) is 5.00. The van der Waals surface area contributed by atoms with Crippen molar-refractivity contribution in [3.8, 4) is 0 Å². The maximum Gasteiger partial charge on any atom is 0.325 e. The number of cyclic esters (lactones) is 1. The number of carbonyl (C=O) groups is 1. The van der Waals surface area contributed by atoms with Crippen molar-refractivity contribution in [2.45, 2.75) is 44.9 Å². The zero-order valence-corrected chi connectivity index (χ0v) is 10.7. The summed E-state index contributed by atoms with van der Waals surface area (Å²) in [4.78, 5) is 11.9. The lowest BCUT2D eigenvalue weighted by Gasteiger charge is -2.28. The Morgan fingerprint density at radius 2 is 2.22 bits per heavy atom. The minimum Gasteiger partial charge on any atom is -0.459 e. The average Bonchev–Trinajstić information content (AvgIpc) is 2.69. The topological polar surface area (TPSA) is 41.6 Å². The normalized spacial score (nSPS) is 30.4. The molecule has 0 spiro atoms. The highest BCUT2D eigenvalue weighted by Gasteiger charge is 2.40. The van der Waals surface area contributed by atoms with Crippen molar-refractivity contribution in [3.05, 3.63) is 29.8 Å². The number of fused-ring (bicyclic) bond motifs is 3. The van der Waals surface area contributed by atoms with E-state index in [4.69, 9.17) is 4.74 Å². The molecule has 2 aliphatic rings. The van der Waals surface area contributed by atoms with E-state index in [0.29, 0.717) is 0 Å². The maximum absolute atomic E-state index is 11.9. The molecule has 0 aliphatic carbocycles. The maximum atomic E-state index is 11.9. The average molecular weight is 246 g/mol. The Kier molecular flexibility index (Phi) is 2.74. The van der Waals surface area contributed by atoms with Crippen molar-refractivity contribution in [1.82, 2.24) is 5.43 Å². The van der Waals surface area contributed by atoms with Gasteiger partial charge >= 0.3 is 5.97 Å². The number of hydrogen-bond donors (Lipinski definition) is 1. The Balaban J connectivity index is 1.97. The van der Waals surface area contributed by atoms with Gasteiger partial charge in [-0.2, -0.15) is 0 Å². The van der Waals surface area contributed by atoms with Crippen LogP contribution in [0.3, 0.4) is 0 Å². The number of esters is 1. The van der Waals surface area contributed by atoms with E-state index in [0.717, 1.165) is 12.8 Å². The number of ether oxygens (including phenoxy) is 1. The first-order chi connectivity index (χ1) is 8.70. The smallest absolute Gasteiger partial charge is 0.325 e. The van der Waals surface area contributed by atoms with Gasteiger partial charge in [0.05, 0.1) is 11.7 Å². The molecule has 1 N–H and O–H groups in total. The fourth-order valence-electron chi connectivity index (χ4n) is 2.78. The number of benzene rings is 1. The number of carbonyl (C=O) groups excluding carboxylic acids is 1. The second kappa shape index (κ2) is 4.28. The third-order valence-corrected chi connectivity index (χ3v) is 3.84.